The summed E-state index contributed by atoms with van der Waals surface area (Å²) < 4.78 is 0. The van der Waals surface area contributed by atoms with Gasteiger partial charge in [0.1, 0.15) is 0 Å². The highest BCUT2D eigenvalue weighted by atomic mass is 14.1. The van der Waals surface area contributed by atoms with Gasteiger partial charge in [-0.15, -0.1) is 5.73 Å². The summed E-state index contributed by atoms with van der Waals surface area (Å²) in [6.45, 7) is 6.74. The van der Waals surface area contributed by atoms with Crippen LogP contribution in [0.15, 0.2) is 29.0 Å². The lowest BCUT2D eigenvalue weighted by molar-refractivity contribution is 0.509. The van der Waals surface area contributed by atoms with Gasteiger partial charge in [0, 0.05) is 0 Å². The van der Waals surface area contributed by atoms with Crippen LogP contribution in [0, 0.1) is 5.92 Å². The van der Waals surface area contributed by atoms with Crippen LogP contribution in [-0.4, -0.2) is 0 Å². The SMILES string of the molecule is CCC1CCCCC=CCC(C)=C=C1C. The highest BCUT2D eigenvalue weighted by Crippen LogP contribution is 2.22. The van der Waals surface area contributed by atoms with E-state index in [9.17, 15) is 0 Å². The lowest BCUT2D eigenvalue weighted by Gasteiger charge is -2.13. The van der Waals surface area contributed by atoms with Crippen molar-refractivity contribution in [1.29, 1.82) is 0 Å². The van der Waals surface area contributed by atoms with Crippen molar-refractivity contribution in [3.05, 3.63) is 29.0 Å². The van der Waals surface area contributed by atoms with Gasteiger partial charge in [-0.05, 0) is 63.0 Å². The van der Waals surface area contributed by atoms with Crippen LogP contribution < -0.4 is 0 Å². The van der Waals surface area contributed by atoms with Gasteiger partial charge in [-0.1, -0.05) is 25.5 Å². The van der Waals surface area contributed by atoms with Crippen molar-refractivity contribution in [3.8, 4) is 0 Å². The van der Waals surface area contributed by atoms with E-state index in [1.165, 1.54) is 43.3 Å². The van der Waals surface area contributed by atoms with Gasteiger partial charge in [0.25, 0.3) is 0 Å². The van der Waals surface area contributed by atoms with Crippen molar-refractivity contribution in [2.75, 3.05) is 0 Å². The highest BCUT2D eigenvalue weighted by Gasteiger charge is 2.07. The number of hydrogen-bond donors (Lipinski definition) is 0. The summed E-state index contributed by atoms with van der Waals surface area (Å²) in [6.07, 6.45) is 12.3. The van der Waals surface area contributed by atoms with E-state index in [1.54, 1.807) is 0 Å². The molecule has 0 nitrogen and oxygen atoms in total. The fourth-order valence-electron chi connectivity index (χ4n) is 2.25. The molecular formula is C15H24. The third-order valence-electron chi connectivity index (χ3n) is 3.28. The Bertz CT molecular complexity index is 274. The van der Waals surface area contributed by atoms with Crippen LogP contribution in [0.4, 0.5) is 0 Å². The maximum absolute atomic E-state index is 3.56. The third-order valence-corrected chi connectivity index (χ3v) is 3.28. The molecule has 0 radical (unpaired) electrons. The zero-order valence-electron chi connectivity index (χ0n) is 10.5. The molecule has 0 aliphatic heterocycles. The molecule has 15 heavy (non-hydrogen) atoms. The minimum atomic E-state index is 0.762. The fourth-order valence-corrected chi connectivity index (χ4v) is 2.25. The van der Waals surface area contributed by atoms with Crippen LogP contribution >= 0.6 is 0 Å². The number of hydrogen-bond acceptors (Lipinski definition) is 0. The summed E-state index contributed by atoms with van der Waals surface area (Å²) in [7, 11) is 0. The molecule has 1 atom stereocenters. The van der Waals surface area contributed by atoms with Crippen LogP contribution in [0.3, 0.4) is 0 Å². The highest BCUT2D eigenvalue weighted by molar-refractivity contribution is 5.11. The monoisotopic (exact) mass is 204 g/mol. The van der Waals surface area contributed by atoms with E-state index in [2.05, 4.69) is 38.7 Å². The van der Waals surface area contributed by atoms with Crippen LogP contribution in [0.2, 0.25) is 0 Å². The largest absolute Gasteiger partial charge is 0.123 e. The molecule has 0 heterocycles. The molecule has 0 bridgehead atoms. The first kappa shape index (κ1) is 12.3. The maximum atomic E-state index is 3.56. The van der Waals surface area contributed by atoms with Crippen LogP contribution in [0.1, 0.15) is 59.3 Å². The second-order valence-corrected chi connectivity index (χ2v) is 4.65. The first-order valence-electron chi connectivity index (χ1n) is 6.32. The summed E-state index contributed by atoms with van der Waals surface area (Å²) in [5, 5.41) is 0. The van der Waals surface area contributed by atoms with Crippen molar-refractivity contribution >= 4 is 0 Å². The van der Waals surface area contributed by atoms with Gasteiger partial charge in [-0.2, -0.15) is 0 Å². The van der Waals surface area contributed by atoms with Gasteiger partial charge in [0.2, 0.25) is 0 Å². The van der Waals surface area contributed by atoms with Gasteiger partial charge in [-0.25, -0.2) is 0 Å². The smallest absolute Gasteiger partial charge is 0.00653 e. The molecule has 0 saturated heterocycles. The molecule has 1 rings (SSSR count). The second-order valence-electron chi connectivity index (χ2n) is 4.65. The Balaban J connectivity index is 2.83. The van der Waals surface area contributed by atoms with Gasteiger partial charge < -0.3 is 0 Å². The van der Waals surface area contributed by atoms with E-state index in [4.69, 9.17) is 0 Å². The second kappa shape index (κ2) is 6.69. The van der Waals surface area contributed by atoms with Crippen molar-refractivity contribution < 1.29 is 0 Å². The van der Waals surface area contributed by atoms with E-state index in [0.29, 0.717) is 0 Å². The average Bonchev–Trinajstić information content (AvgIpc) is 2.24. The maximum Gasteiger partial charge on any atom is -0.00653 e. The van der Waals surface area contributed by atoms with Gasteiger partial charge in [0.15, 0.2) is 0 Å². The molecule has 0 fully saturated rings. The summed E-state index contributed by atoms with van der Waals surface area (Å²) in [6, 6.07) is 0. The zero-order valence-corrected chi connectivity index (χ0v) is 10.5. The lowest BCUT2D eigenvalue weighted by atomic mass is 9.92. The van der Waals surface area contributed by atoms with Gasteiger partial charge in [0.05, 0.1) is 0 Å². The molecule has 0 saturated carbocycles. The summed E-state index contributed by atoms with van der Waals surface area (Å²) in [5.41, 5.74) is 6.40. The molecule has 0 aromatic heterocycles. The quantitative estimate of drug-likeness (QED) is 0.415. The predicted molar refractivity (Wildman–Crippen MR) is 67.9 cm³/mol. The molecule has 0 N–H and O–H groups in total. The van der Waals surface area contributed by atoms with E-state index >= 15 is 0 Å². The average molecular weight is 204 g/mol. The summed E-state index contributed by atoms with van der Waals surface area (Å²) in [4.78, 5) is 0. The van der Waals surface area contributed by atoms with Crippen molar-refractivity contribution in [1.82, 2.24) is 0 Å². The first-order valence-corrected chi connectivity index (χ1v) is 6.32. The van der Waals surface area contributed by atoms with Gasteiger partial charge in [-0.3, -0.25) is 0 Å². The predicted octanol–water partition coefficient (Wildman–Crippen LogP) is 5.02. The molecule has 1 aliphatic rings. The Hall–Kier alpha value is -0.740. The van der Waals surface area contributed by atoms with E-state index in [1.807, 2.05) is 0 Å². The molecule has 84 valence electrons. The molecule has 1 unspecified atom stereocenters. The van der Waals surface area contributed by atoms with Crippen LogP contribution in [0.5, 0.6) is 0 Å². The van der Waals surface area contributed by atoms with Crippen molar-refractivity contribution in [3.63, 3.8) is 0 Å². The van der Waals surface area contributed by atoms with Crippen molar-refractivity contribution in [2.24, 2.45) is 5.92 Å². The Morgan fingerprint density at radius 3 is 2.80 bits per heavy atom. The molecule has 0 heteroatoms. The van der Waals surface area contributed by atoms with E-state index in [0.717, 1.165) is 12.3 Å². The molecule has 1 aliphatic carbocycles. The Morgan fingerprint density at radius 2 is 2.07 bits per heavy atom. The van der Waals surface area contributed by atoms with E-state index in [-0.39, 0.29) is 0 Å². The molecule has 0 aromatic carbocycles. The fraction of sp³-hybridized carbons (Fsp3) is 0.667. The molecule has 0 spiro atoms. The number of rotatable bonds is 1. The number of allylic oxidation sites excluding steroid dienone is 3. The molecular weight excluding hydrogens is 180 g/mol. The lowest BCUT2D eigenvalue weighted by Crippen LogP contribution is -1.99. The topological polar surface area (TPSA) is 0 Å². The minimum absolute atomic E-state index is 0.762. The third kappa shape index (κ3) is 4.53. The Kier molecular flexibility index (Phi) is 5.50. The summed E-state index contributed by atoms with van der Waals surface area (Å²) in [5.74, 6) is 0.762. The zero-order chi connectivity index (χ0) is 11.1. The molecule has 0 amide bonds. The standard InChI is InChI=1S/C15H24/c1-4-15-11-9-7-5-6-8-10-13(2)12-14(15)3/h6,8,15H,4-5,7,9-11H2,1-3H3. The Labute approximate surface area is 94.8 Å². The van der Waals surface area contributed by atoms with Crippen molar-refractivity contribution in [2.45, 2.75) is 59.3 Å². The minimum Gasteiger partial charge on any atom is -0.123 e. The van der Waals surface area contributed by atoms with E-state index < -0.39 is 0 Å². The van der Waals surface area contributed by atoms with Crippen LogP contribution in [-0.2, 0) is 0 Å². The summed E-state index contributed by atoms with van der Waals surface area (Å²) >= 11 is 0. The molecule has 0 aromatic rings. The van der Waals surface area contributed by atoms with Gasteiger partial charge >= 0.3 is 0 Å². The first-order chi connectivity index (χ1) is 7.24. The normalized spacial score (nSPS) is 24.1. The van der Waals surface area contributed by atoms with Crippen LogP contribution in [0.25, 0.3) is 0 Å². The Morgan fingerprint density at radius 1 is 1.27 bits per heavy atom.